The lowest BCUT2D eigenvalue weighted by molar-refractivity contribution is 0.0946. The largest absolute Gasteiger partial charge is 0.356 e. The van der Waals surface area contributed by atoms with Crippen LogP contribution in [0.4, 0.5) is 13.2 Å². The highest BCUT2D eigenvalue weighted by atomic mass is 19.2. The van der Waals surface area contributed by atoms with Crippen LogP contribution in [0.3, 0.4) is 0 Å². The van der Waals surface area contributed by atoms with Gasteiger partial charge in [-0.05, 0) is 24.3 Å². The van der Waals surface area contributed by atoms with E-state index in [-0.39, 0.29) is 17.3 Å². The number of aromatic nitrogens is 3. The summed E-state index contributed by atoms with van der Waals surface area (Å²) in [5.74, 6) is -4.27. The van der Waals surface area contributed by atoms with Gasteiger partial charge in [0.25, 0.3) is 5.91 Å². The van der Waals surface area contributed by atoms with Gasteiger partial charge >= 0.3 is 0 Å². The molecule has 1 aromatic carbocycles. The summed E-state index contributed by atoms with van der Waals surface area (Å²) in [6, 6.07) is 4.95. The van der Waals surface area contributed by atoms with Crippen LogP contribution in [0.1, 0.15) is 16.1 Å². The number of hydrogen-bond donors (Lipinski definition) is 2. The van der Waals surface area contributed by atoms with Gasteiger partial charge in [0.15, 0.2) is 23.3 Å². The molecule has 5 nitrogen and oxygen atoms in total. The summed E-state index contributed by atoms with van der Waals surface area (Å²) < 4.78 is 40.0. The summed E-state index contributed by atoms with van der Waals surface area (Å²) in [6.07, 6.45) is 2.10. The van der Waals surface area contributed by atoms with Crippen LogP contribution < -0.4 is 5.32 Å². The average molecular weight is 344 g/mol. The summed E-state index contributed by atoms with van der Waals surface area (Å²) in [5, 5.41) is 2.75. The van der Waals surface area contributed by atoms with Gasteiger partial charge in [0.1, 0.15) is 0 Å². The minimum atomic E-state index is -1.54. The van der Waals surface area contributed by atoms with Crippen molar-refractivity contribution in [2.75, 3.05) is 6.54 Å². The number of aromatic amines is 1. The normalized spacial score (nSPS) is 13.5. The number of benzene rings is 1. The number of carbonyl (C=O) groups excluding carboxylic acids is 1. The van der Waals surface area contributed by atoms with E-state index in [4.69, 9.17) is 0 Å². The second-order valence-electron chi connectivity index (χ2n) is 5.60. The van der Waals surface area contributed by atoms with E-state index in [1.165, 1.54) is 6.20 Å². The number of H-pyrrole nitrogens is 1. The number of fused-ring (bicyclic) bond motifs is 1. The zero-order valence-corrected chi connectivity index (χ0v) is 12.7. The smallest absolute Gasteiger partial charge is 0.253 e. The fourth-order valence-corrected chi connectivity index (χ4v) is 2.76. The Morgan fingerprint density at radius 3 is 2.56 bits per heavy atom. The van der Waals surface area contributed by atoms with Gasteiger partial charge in [0, 0.05) is 30.4 Å². The monoisotopic (exact) mass is 344 g/mol. The van der Waals surface area contributed by atoms with Gasteiger partial charge in [-0.2, -0.15) is 0 Å². The van der Waals surface area contributed by atoms with Gasteiger partial charge in [0.2, 0.25) is 0 Å². The first-order valence-electron chi connectivity index (χ1n) is 7.51. The Balaban J connectivity index is 1.77. The summed E-state index contributed by atoms with van der Waals surface area (Å²) >= 11 is 0. The number of hydrogen-bond acceptors (Lipinski definition) is 3. The Morgan fingerprint density at radius 2 is 1.84 bits per heavy atom. The molecule has 3 aromatic rings. The molecule has 0 saturated carbocycles. The molecule has 1 aliphatic heterocycles. The Labute approximate surface area is 139 Å². The predicted molar refractivity (Wildman–Crippen MR) is 83.2 cm³/mol. The molecule has 0 fully saturated rings. The quantitative estimate of drug-likeness (QED) is 0.703. The first-order valence-corrected chi connectivity index (χ1v) is 7.51. The fourth-order valence-electron chi connectivity index (χ4n) is 2.76. The molecule has 0 spiro atoms. The molecule has 126 valence electrons. The lowest BCUT2D eigenvalue weighted by Crippen LogP contribution is -2.31. The summed E-state index contributed by atoms with van der Waals surface area (Å²) in [7, 11) is 0. The molecule has 1 aliphatic rings. The maximum absolute atomic E-state index is 13.4. The molecule has 0 radical (unpaired) electrons. The van der Waals surface area contributed by atoms with Crippen molar-refractivity contribution in [3.8, 4) is 22.8 Å². The zero-order chi connectivity index (χ0) is 17.6. The molecule has 4 rings (SSSR count). The van der Waals surface area contributed by atoms with Crippen LogP contribution in [0.15, 0.2) is 30.5 Å². The van der Waals surface area contributed by atoms with E-state index in [2.05, 4.69) is 20.3 Å². The van der Waals surface area contributed by atoms with Crippen molar-refractivity contribution in [2.24, 2.45) is 0 Å². The van der Waals surface area contributed by atoms with Gasteiger partial charge in [-0.25, -0.2) is 23.1 Å². The van der Waals surface area contributed by atoms with E-state index in [9.17, 15) is 18.0 Å². The minimum Gasteiger partial charge on any atom is -0.356 e. The van der Waals surface area contributed by atoms with Crippen LogP contribution in [0.25, 0.3) is 22.8 Å². The Morgan fingerprint density at radius 1 is 1.08 bits per heavy atom. The van der Waals surface area contributed by atoms with Gasteiger partial charge in [0.05, 0.1) is 17.0 Å². The second kappa shape index (κ2) is 5.73. The molecule has 2 aromatic heterocycles. The third-order valence-electron chi connectivity index (χ3n) is 3.98. The van der Waals surface area contributed by atoms with Crippen molar-refractivity contribution < 1.29 is 18.0 Å². The van der Waals surface area contributed by atoms with Crippen LogP contribution in [0.2, 0.25) is 0 Å². The van der Waals surface area contributed by atoms with Crippen molar-refractivity contribution in [3.05, 3.63) is 59.2 Å². The molecule has 0 atom stereocenters. The summed E-state index contributed by atoms with van der Waals surface area (Å²) in [6.45, 7) is 0.551. The van der Waals surface area contributed by atoms with E-state index in [0.29, 0.717) is 29.9 Å². The molecule has 0 unspecified atom stereocenters. The molecule has 1 amide bonds. The molecular formula is C17H11F3N4O. The number of nitrogens with one attached hydrogen (secondary N) is 2. The van der Waals surface area contributed by atoms with Crippen LogP contribution in [-0.4, -0.2) is 27.4 Å². The van der Waals surface area contributed by atoms with Crippen molar-refractivity contribution >= 4 is 5.91 Å². The number of rotatable bonds is 2. The average Bonchev–Trinajstić information content (AvgIpc) is 3.05. The highest BCUT2D eigenvalue weighted by Gasteiger charge is 2.21. The van der Waals surface area contributed by atoms with Gasteiger partial charge in [-0.1, -0.05) is 0 Å². The number of carbonyl (C=O) groups is 1. The molecule has 3 heterocycles. The Kier molecular flexibility index (Phi) is 3.52. The SMILES string of the molecule is O=C1NCCc2[nH]c(-c3ccnc(-c4cc(F)c(F)c(F)c4)n3)cc21. The number of halogens is 3. The van der Waals surface area contributed by atoms with E-state index < -0.39 is 17.5 Å². The lowest BCUT2D eigenvalue weighted by atomic mass is 10.1. The topological polar surface area (TPSA) is 70.7 Å². The van der Waals surface area contributed by atoms with Crippen molar-refractivity contribution in [1.82, 2.24) is 20.3 Å². The highest BCUT2D eigenvalue weighted by molar-refractivity contribution is 5.97. The predicted octanol–water partition coefficient (Wildman–Crippen LogP) is 2.84. The van der Waals surface area contributed by atoms with E-state index in [1.54, 1.807) is 12.1 Å². The summed E-state index contributed by atoms with van der Waals surface area (Å²) in [4.78, 5) is 23.2. The van der Waals surface area contributed by atoms with Gasteiger partial charge < -0.3 is 10.3 Å². The number of nitrogens with zero attached hydrogens (tertiary/aromatic N) is 2. The third-order valence-corrected chi connectivity index (χ3v) is 3.98. The lowest BCUT2D eigenvalue weighted by Gasteiger charge is -2.10. The summed E-state index contributed by atoms with van der Waals surface area (Å²) in [5.41, 5.74) is 2.41. The molecule has 2 N–H and O–H groups in total. The van der Waals surface area contributed by atoms with Crippen molar-refractivity contribution in [1.29, 1.82) is 0 Å². The number of amides is 1. The Hall–Kier alpha value is -3.16. The third kappa shape index (κ3) is 2.65. The minimum absolute atomic E-state index is 0.0207. The molecule has 0 saturated heterocycles. The van der Waals surface area contributed by atoms with Crippen LogP contribution >= 0.6 is 0 Å². The second-order valence-corrected chi connectivity index (χ2v) is 5.60. The Bertz CT molecular complexity index is 976. The maximum Gasteiger partial charge on any atom is 0.253 e. The van der Waals surface area contributed by atoms with Gasteiger partial charge in [-0.3, -0.25) is 4.79 Å². The molecule has 0 bridgehead atoms. The highest BCUT2D eigenvalue weighted by Crippen LogP contribution is 2.25. The van der Waals surface area contributed by atoms with Crippen LogP contribution in [0.5, 0.6) is 0 Å². The first-order chi connectivity index (χ1) is 12.0. The van der Waals surface area contributed by atoms with E-state index >= 15 is 0 Å². The molecular weight excluding hydrogens is 333 g/mol. The molecule has 8 heteroatoms. The van der Waals surface area contributed by atoms with E-state index in [1.807, 2.05) is 0 Å². The van der Waals surface area contributed by atoms with E-state index in [0.717, 1.165) is 17.8 Å². The standard InChI is InChI=1S/C17H11F3N4O/c18-10-5-8(6-11(19)15(10)20)16-21-3-2-13(24-16)14-7-9-12(23-14)1-4-22-17(9)25/h2-3,5-7,23H,1,4H2,(H,22,25). The molecule has 25 heavy (non-hydrogen) atoms. The van der Waals surface area contributed by atoms with Gasteiger partial charge in [-0.15, -0.1) is 0 Å². The fraction of sp³-hybridized carbons (Fsp3) is 0.118. The first kappa shape index (κ1) is 15.4. The van der Waals surface area contributed by atoms with Crippen LogP contribution in [0, 0.1) is 17.5 Å². The zero-order valence-electron chi connectivity index (χ0n) is 12.7. The molecule has 0 aliphatic carbocycles. The van der Waals surface area contributed by atoms with Crippen LogP contribution in [-0.2, 0) is 6.42 Å². The van der Waals surface area contributed by atoms with Crippen molar-refractivity contribution in [2.45, 2.75) is 6.42 Å². The van der Waals surface area contributed by atoms with Crippen molar-refractivity contribution in [3.63, 3.8) is 0 Å². The maximum atomic E-state index is 13.4.